The summed E-state index contributed by atoms with van der Waals surface area (Å²) in [6, 6.07) is 9.71. The summed E-state index contributed by atoms with van der Waals surface area (Å²) in [6.07, 6.45) is 0. The summed E-state index contributed by atoms with van der Waals surface area (Å²) >= 11 is 0. The standard InChI is InChI=1S/C17H17N3O5/c1-24-15-7-6-11(8-16(15)25-2)9-19-10-12-13(18-17(19)21)4-3-5-14(12)20(22)23/h3-8H,9-10H2,1-2H3,(H,18,21). The van der Waals surface area contributed by atoms with Crippen molar-refractivity contribution in [3.8, 4) is 11.5 Å². The van der Waals surface area contributed by atoms with Crippen LogP contribution in [0.1, 0.15) is 11.1 Å². The van der Waals surface area contributed by atoms with Gasteiger partial charge in [0.2, 0.25) is 0 Å². The number of amides is 2. The van der Waals surface area contributed by atoms with Crippen molar-refractivity contribution in [3.63, 3.8) is 0 Å². The number of urea groups is 1. The van der Waals surface area contributed by atoms with Crippen LogP contribution in [0.4, 0.5) is 16.2 Å². The Morgan fingerprint density at radius 1 is 1.20 bits per heavy atom. The SMILES string of the molecule is COc1ccc(CN2Cc3c(cccc3[N+](=O)[O-])NC2=O)cc1OC. The molecule has 8 heteroatoms. The molecule has 0 fully saturated rings. The van der Waals surface area contributed by atoms with Crippen LogP contribution < -0.4 is 14.8 Å². The van der Waals surface area contributed by atoms with Gasteiger partial charge in [-0.15, -0.1) is 0 Å². The predicted molar refractivity (Wildman–Crippen MR) is 90.9 cm³/mol. The number of carbonyl (C=O) groups excluding carboxylic acids is 1. The number of nitro benzene ring substituents is 1. The number of nitro groups is 1. The molecule has 0 atom stereocenters. The number of carbonyl (C=O) groups is 1. The summed E-state index contributed by atoms with van der Waals surface area (Å²) in [4.78, 5) is 24.6. The highest BCUT2D eigenvalue weighted by atomic mass is 16.6. The van der Waals surface area contributed by atoms with Crippen LogP contribution in [0.3, 0.4) is 0 Å². The zero-order valence-corrected chi connectivity index (χ0v) is 13.8. The van der Waals surface area contributed by atoms with Crippen LogP contribution in [0, 0.1) is 10.1 Å². The van der Waals surface area contributed by atoms with Gasteiger partial charge in [-0.1, -0.05) is 12.1 Å². The molecule has 0 bridgehead atoms. The summed E-state index contributed by atoms with van der Waals surface area (Å²) in [5.41, 5.74) is 1.79. The molecule has 8 nitrogen and oxygen atoms in total. The van der Waals surface area contributed by atoms with Gasteiger partial charge in [0.1, 0.15) is 0 Å². The fourth-order valence-electron chi connectivity index (χ4n) is 2.81. The fraction of sp³-hybridized carbons (Fsp3) is 0.235. The number of hydrogen-bond acceptors (Lipinski definition) is 5. The van der Waals surface area contributed by atoms with Gasteiger partial charge in [0.05, 0.1) is 36.9 Å². The zero-order valence-electron chi connectivity index (χ0n) is 13.8. The molecule has 0 saturated heterocycles. The molecule has 0 spiro atoms. The van der Waals surface area contributed by atoms with E-state index in [0.717, 1.165) is 5.56 Å². The Morgan fingerprint density at radius 2 is 1.96 bits per heavy atom. The first kappa shape index (κ1) is 16.6. The zero-order chi connectivity index (χ0) is 18.0. The Labute approximate surface area is 144 Å². The second kappa shape index (κ2) is 6.68. The number of hydrogen-bond donors (Lipinski definition) is 1. The van der Waals surface area contributed by atoms with E-state index in [1.165, 1.54) is 18.1 Å². The number of nitrogens with one attached hydrogen (secondary N) is 1. The minimum atomic E-state index is -0.440. The second-order valence-electron chi connectivity index (χ2n) is 5.54. The summed E-state index contributed by atoms with van der Waals surface area (Å²) in [6.45, 7) is 0.449. The van der Waals surface area contributed by atoms with Crippen LogP contribution in [-0.4, -0.2) is 30.1 Å². The minimum Gasteiger partial charge on any atom is -0.493 e. The second-order valence-corrected chi connectivity index (χ2v) is 5.54. The highest BCUT2D eigenvalue weighted by Crippen LogP contribution is 2.33. The molecule has 2 amide bonds. The van der Waals surface area contributed by atoms with Crippen molar-refractivity contribution in [1.82, 2.24) is 4.90 Å². The van der Waals surface area contributed by atoms with Crippen molar-refractivity contribution in [3.05, 3.63) is 57.6 Å². The lowest BCUT2D eigenvalue weighted by atomic mass is 10.1. The molecule has 1 aliphatic heterocycles. The quantitative estimate of drug-likeness (QED) is 0.665. The van der Waals surface area contributed by atoms with E-state index in [0.29, 0.717) is 22.7 Å². The topological polar surface area (TPSA) is 93.9 Å². The monoisotopic (exact) mass is 343 g/mol. The number of anilines is 1. The lowest BCUT2D eigenvalue weighted by Gasteiger charge is -2.29. The van der Waals surface area contributed by atoms with Gasteiger partial charge in [0, 0.05) is 12.6 Å². The molecule has 0 aliphatic carbocycles. The van der Waals surface area contributed by atoms with E-state index in [1.54, 1.807) is 31.4 Å². The molecule has 0 saturated carbocycles. The summed E-state index contributed by atoms with van der Waals surface area (Å²) in [5.74, 6) is 1.15. The number of rotatable bonds is 5. The summed E-state index contributed by atoms with van der Waals surface area (Å²) < 4.78 is 10.5. The number of fused-ring (bicyclic) bond motifs is 1. The average molecular weight is 343 g/mol. The van der Waals surface area contributed by atoms with Gasteiger partial charge >= 0.3 is 6.03 Å². The van der Waals surface area contributed by atoms with Gasteiger partial charge < -0.3 is 19.7 Å². The molecular weight excluding hydrogens is 326 g/mol. The Kier molecular flexibility index (Phi) is 4.42. The van der Waals surface area contributed by atoms with Gasteiger partial charge in [-0.2, -0.15) is 0 Å². The van der Waals surface area contributed by atoms with E-state index in [4.69, 9.17) is 9.47 Å². The largest absolute Gasteiger partial charge is 0.493 e. The Balaban J connectivity index is 1.87. The lowest BCUT2D eigenvalue weighted by molar-refractivity contribution is -0.385. The highest BCUT2D eigenvalue weighted by Gasteiger charge is 2.28. The van der Waals surface area contributed by atoms with Crippen molar-refractivity contribution < 1.29 is 19.2 Å². The van der Waals surface area contributed by atoms with Crippen LogP contribution in [-0.2, 0) is 13.1 Å². The van der Waals surface area contributed by atoms with Gasteiger partial charge in [-0.25, -0.2) is 4.79 Å². The number of benzene rings is 2. The molecule has 1 N–H and O–H groups in total. The Hall–Kier alpha value is -3.29. The molecule has 2 aromatic carbocycles. The van der Waals surface area contributed by atoms with Crippen LogP contribution in [0.25, 0.3) is 0 Å². The third kappa shape index (κ3) is 3.18. The van der Waals surface area contributed by atoms with Crippen LogP contribution >= 0.6 is 0 Å². The lowest BCUT2D eigenvalue weighted by Crippen LogP contribution is -2.38. The van der Waals surface area contributed by atoms with Crippen molar-refractivity contribution in [2.24, 2.45) is 0 Å². The fourth-order valence-corrected chi connectivity index (χ4v) is 2.81. The molecule has 3 rings (SSSR count). The van der Waals surface area contributed by atoms with Gasteiger partial charge in [0.25, 0.3) is 5.69 Å². The Morgan fingerprint density at radius 3 is 2.64 bits per heavy atom. The maximum Gasteiger partial charge on any atom is 0.322 e. The highest BCUT2D eigenvalue weighted by molar-refractivity contribution is 5.93. The first-order valence-corrected chi connectivity index (χ1v) is 7.56. The number of nitrogens with zero attached hydrogens (tertiary/aromatic N) is 2. The van der Waals surface area contributed by atoms with Crippen molar-refractivity contribution >= 4 is 17.4 Å². The molecule has 25 heavy (non-hydrogen) atoms. The van der Waals surface area contributed by atoms with Crippen molar-refractivity contribution in [1.29, 1.82) is 0 Å². The summed E-state index contributed by atoms with van der Waals surface area (Å²) in [7, 11) is 3.08. The maximum atomic E-state index is 12.3. The van der Waals surface area contributed by atoms with E-state index in [-0.39, 0.29) is 24.8 Å². The van der Waals surface area contributed by atoms with E-state index in [1.807, 2.05) is 6.07 Å². The number of methoxy groups -OCH3 is 2. The molecule has 0 radical (unpaired) electrons. The predicted octanol–water partition coefficient (Wildman–Crippen LogP) is 3.16. The third-order valence-electron chi connectivity index (χ3n) is 4.05. The van der Waals surface area contributed by atoms with Crippen molar-refractivity contribution in [2.75, 3.05) is 19.5 Å². The minimum absolute atomic E-state index is 0.00480. The first-order valence-electron chi connectivity index (χ1n) is 7.56. The smallest absolute Gasteiger partial charge is 0.322 e. The molecule has 1 heterocycles. The van der Waals surface area contributed by atoms with Gasteiger partial charge in [0.15, 0.2) is 11.5 Å². The number of ether oxygens (including phenoxy) is 2. The van der Waals surface area contributed by atoms with Crippen molar-refractivity contribution in [2.45, 2.75) is 13.1 Å². The average Bonchev–Trinajstić information content (AvgIpc) is 2.61. The summed E-state index contributed by atoms with van der Waals surface area (Å²) in [5, 5.41) is 13.9. The normalized spacial score (nSPS) is 13.0. The molecule has 0 unspecified atom stereocenters. The van der Waals surface area contributed by atoms with E-state index >= 15 is 0 Å². The Bertz CT molecular complexity index is 837. The molecule has 0 aromatic heterocycles. The van der Waals surface area contributed by atoms with E-state index in [2.05, 4.69) is 5.32 Å². The van der Waals surface area contributed by atoms with Crippen LogP contribution in [0.2, 0.25) is 0 Å². The maximum absolute atomic E-state index is 12.3. The first-order chi connectivity index (χ1) is 12.0. The molecular formula is C17H17N3O5. The third-order valence-corrected chi connectivity index (χ3v) is 4.05. The van der Waals surface area contributed by atoms with Crippen LogP contribution in [0.5, 0.6) is 11.5 Å². The van der Waals surface area contributed by atoms with E-state index in [9.17, 15) is 14.9 Å². The van der Waals surface area contributed by atoms with E-state index < -0.39 is 4.92 Å². The van der Waals surface area contributed by atoms with Gasteiger partial charge in [-0.05, 0) is 23.8 Å². The van der Waals surface area contributed by atoms with Crippen LogP contribution in [0.15, 0.2) is 36.4 Å². The molecule has 130 valence electrons. The van der Waals surface area contributed by atoms with Gasteiger partial charge in [-0.3, -0.25) is 10.1 Å². The molecule has 2 aromatic rings. The molecule has 1 aliphatic rings.